The minimum Gasteiger partial charge on any atom is -0.351 e. The van der Waals surface area contributed by atoms with Crippen LogP contribution in [0.5, 0.6) is 0 Å². The van der Waals surface area contributed by atoms with Crippen LogP contribution in [0.15, 0.2) is 36.5 Å². The number of amides is 1. The molecule has 0 spiro atoms. The van der Waals surface area contributed by atoms with E-state index in [0.717, 1.165) is 43.3 Å². The van der Waals surface area contributed by atoms with Crippen LogP contribution in [-0.2, 0) is 13.1 Å². The number of nitrogens with one attached hydrogen (secondary N) is 2. The van der Waals surface area contributed by atoms with Crippen LogP contribution in [0.1, 0.15) is 41.7 Å². The summed E-state index contributed by atoms with van der Waals surface area (Å²) >= 11 is 0. The molecule has 0 bridgehead atoms. The summed E-state index contributed by atoms with van der Waals surface area (Å²) in [5.74, 6) is 0.487. The van der Waals surface area contributed by atoms with Crippen molar-refractivity contribution in [2.24, 2.45) is 0 Å². The van der Waals surface area contributed by atoms with E-state index in [1.165, 1.54) is 6.07 Å². The first-order valence-corrected chi connectivity index (χ1v) is 10.9. The lowest BCUT2D eigenvalue weighted by Gasteiger charge is -2.30. The average molecular weight is 423 g/mol. The van der Waals surface area contributed by atoms with Gasteiger partial charge in [-0.2, -0.15) is 4.98 Å². The van der Waals surface area contributed by atoms with Gasteiger partial charge in [0.05, 0.1) is 0 Å². The number of hydrogen-bond donors (Lipinski definition) is 2. The van der Waals surface area contributed by atoms with E-state index in [-0.39, 0.29) is 11.7 Å². The topological polar surface area (TPSA) is 75.1 Å². The summed E-state index contributed by atoms with van der Waals surface area (Å²) < 4.78 is 15.8. The maximum atomic E-state index is 13.8. The third-order valence-corrected chi connectivity index (χ3v) is 6.46. The molecule has 1 amide bonds. The Morgan fingerprint density at radius 2 is 1.90 bits per heavy atom. The minimum atomic E-state index is -0.154. The fourth-order valence-corrected chi connectivity index (χ4v) is 4.58. The molecule has 2 aromatic heterocycles. The number of halogens is 1. The fraction of sp³-hybridized carbons (Fsp3) is 0.435. The van der Waals surface area contributed by atoms with Crippen LogP contribution in [0.25, 0.3) is 11.0 Å². The predicted octanol–water partition coefficient (Wildman–Crippen LogP) is 3.17. The maximum Gasteiger partial charge on any atom is 0.270 e. The van der Waals surface area contributed by atoms with E-state index in [1.807, 2.05) is 29.8 Å². The van der Waals surface area contributed by atoms with Crippen LogP contribution < -0.4 is 10.6 Å². The molecule has 2 N–H and O–H groups in total. The summed E-state index contributed by atoms with van der Waals surface area (Å²) in [5.41, 5.74) is 2.20. The predicted molar refractivity (Wildman–Crippen MR) is 117 cm³/mol. The van der Waals surface area contributed by atoms with Gasteiger partial charge >= 0.3 is 0 Å². The Morgan fingerprint density at radius 3 is 2.71 bits per heavy atom. The zero-order chi connectivity index (χ0) is 21.4. The summed E-state index contributed by atoms with van der Waals surface area (Å²) in [6.45, 7) is 1.99. The lowest BCUT2D eigenvalue weighted by molar-refractivity contribution is 0.0751. The zero-order valence-electron chi connectivity index (χ0n) is 17.6. The van der Waals surface area contributed by atoms with E-state index in [9.17, 15) is 9.18 Å². The highest BCUT2D eigenvalue weighted by Gasteiger charge is 2.25. The van der Waals surface area contributed by atoms with Gasteiger partial charge in [-0.05, 0) is 37.8 Å². The molecule has 3 aromatic rings. The number of rotatable bonds is 5. The Morgan fingerprint density at radius 1 is 1.13 bits per heavy atom. The van der Waals surface area contributed by atoms with Gasteiger partial charge in [0.1, 0.15) is 17.2 Å². The first-order chi connectivity index (χ1) is 15.1. The molecule has 1 aliphatic carbocycles. The number of hydrogen-bond acceptors (Lipinski definition) is 5. The van der Waals surface area contributed by atoms with Crippen LogP contribution in [-0.4, -0.2) is 51.0 Å². The molecule has 0 atom stereocenters. The van der Waals surface area contributed by atoms with Crippen LogP contribution in [0.4, 0.5) is 10.3 Å². The molecule has 3 heterocycles. The van der Waals surface area contributed by atoms with Crippen LogP contribution in [0.2, 0.25) is 0 Å². The minimum absolute atomic E-state index is 0.0277. The molecular weight excluding hydrogens is 395 g/mol. The molecule has 31 heavy (non-hydrogen) atoms. The standard InChI is InChI=1S/C23H27FN6O/c1-29-10-11-30-20(22(29)31)12-16-14-26-23(28-21(16)30)27-18-8-6-17(7-9-18)25-13-15-4-2-3-5-19(15)24/h2-5,12,14,17-18,25H,6-11,13H2,1H3,(H,26,27,28). The second-order valence-electron chi connectivity index (χ2n) is 8.55. The third-order valence-electron chi connectivity index (χ3n) is 6.46. The van der Waals surface area contributed by atoms with Crippen molar-refractivity contribution in [2.45, 2.75) is 50.9 Å². The molecule has 1 aliphatic heterocycles. The van der Waals surface area contributed by atoms with Crippen LogP contribution in [0.3, 0.4) is 0 Å². The second kappa shape index (κ2) is 8.26. The van der Waals surface area contributed by atoms with Gasteiger partial charge in [-0.15, -0.1) is 0 Å². The summed E-state index contributed by atoms with van der Waals surface area (Å²) in [4.78, 5) is 23.3. The van der Waals surface area contributed by atoms with E-state index in [0.29, 0.717) is 42.4 Å². The lowest BCUT2D eigenvalue weighted by Crippen LogP contribution is -2.37. The van der Waals surface area contributed by atoms with Crippen molar-refractivity contribution in [1.82, 2.24) is 24.8 Å². The number of aromatic nitrogens is 3. The van der Waals surface area contributed by atoms with E-state index in [1.54, 1.807) is 17.2 Å². The van der Waals surface area contributed by atoms with Crippen molar-refractivity contribution in [3.8, 4) is 0 Å². The molecule has 0 saturated heterocycles. The molecule has 1 saturated carbocycles. The van der Waals surface area contributed by atoms with Crippen molar-refractivity contribution < 1.29 is 9.18 Å². The van der Waals surface area contributed by atoms with E-state index >= 15 is 0 Å². The maximum absolute atomic E-state index is 13.8. The van der Waals surface area contributed by atoms with E-state index in [2.05, 4.69) is 15.6 Å². The highest BCUT2D eigenvalue weighted by atomic mass is 19.1. The van der Waals surface area contributed by atoms with Gasteiger partial charge in [-0.1, -0.05) is 18.2 Å². The molecular formula is C23H27FN6O. The number of anilines is 1. The average Bonchev–Trinajstić information content (AvgIpc) is 3.15. The van der Waals surface area contributed by atoms with Crippen LogP contribution >= 0.6 is 0 Å². The summed E-state index contributed by atoms with van der Waals surface area (Å²) in [6.07, 6.45) is 5.86. The van der Waals surface area contributed by atoms with Crippen molar-refractivity contribution in [1.29, 1.82) is 0 Å². The van der Waals surface area contributed by atoms with Crippen molar-refractivity contribution in [2.75, 3.05) is 18.9 Å². The van der Waals surface area contributed by atoms with Gasteiger partial charge in [0.2, 0.25) is 5.95 Å². The van der Waals surface area contributed by atoms with Gasteiger partial charge in [-0.25, -0.2) is 9.37 Å². The van der Waals surface area contributed by atoms with Gasteiger partial charge in [0, 0.05) is 55.9 Å². The van der Waals surface area contributed by atoms with Crippen molar-refractivity contribution in [3.63, 3.8) is 0 Å². The molecule has 0 unspecified atom stereocenters. The van der Waals surface area contributed by atoms with Crippen molar-refractivity contribution >= 4 is 22.9 Å². The quantitative estimate of drug-likeness (QED) is 0.661. The Bertz CT molecular complexity index is 1100. The Labute approximate surface area is 180 Å². The number of carbonyl (C=O) groups excluding carboxylic acids is 1. The number of likely N-dealkylation sites (N-methyl/N-ethyl adjacent to an activating group) is 1. The van der Waals surface area contributed by atoms with Gasteiger partial charge in [-0.3, -0.25) is 4.79 Å². The second-order valence-corrected chi connectivity index (χ2v) is 8.55. The molecule has 1 aromatic carbocycles. The molecule has 2 aliphatic rings. The van der Waals surface area contributed by atoms with Gasteiger partial charge in [0.15, 0.2) is 0 Å². The van der Waals surface area contributed by atoms with E-state index < -0.39 is 0 Å². The summed E-state index contributed by atoms with van der Waals surface area (Å²) in [6, 6.07) is 9.50. The number of fused-ring (bicyclic) bond motifs is 3. The van der Waals surface area contributed by atoms with Gasteiger partial charge < -0.3 is 20.1 Å². The molecule has 162 valence electrons. The first kappa shape index (κ1) is 19.9. The summed E-state index contributed by atoms with van der Waals surface area (Å²) in [5, 5.41) is 7.86. The third kappa shape index (κ3) is 3.99. The number of nitrogens with zero attached hydrogens (tertiary/aromatic N) is 4. The number of carbonyl (C=O) groups is 1. The molecule has 7 nitrogen and oxygen atoms in total. The van der Waals surface area contributed by atoms with E-state index in [4.69, 9.17) is 4.98 Å². The number of benzene rings is 1. The molecule has 0 radical (unpaired) electrons. The zero-order valence-corrected chi connectivity index (χ0v) is 17.6. The molecule has 1 fully saturated rings. The highest BCUT2D eigenvalue weighted by Crippen LogP contribution is 2.25. The van der Waals surface area contributed by atoms with Crippen LogP contribution in [0, 0.1) is 5.82 Å². The smallest absolute Gasteiger partial charge is 0.270 e. The highest BCUT2D eigenvalue weighted by molar-refractivity contribution is 5.98. The monoisotopic (exact) mass is 422 g/mol. The normalized spacial score (nSPS) is 21.4. The lowest BCUT2D eigenvalue weighted by atomic mass is 9.91. The Hall–Kier alpha value is -3.00. The van der Waals surface area contributed by atoms with Gasteiger partial charge in [0.25, 0.3) is 5.91 Å². The summed E-state index contributed by atoms with van der Waals surface area (Å²) in [7, 11) is 1.82. The van der Waals surface area contributed by atoms with Crippen molar-refractivity contribution in [3.05, 3.63) is 53.6 Å². The first-order valence-electron chi connectivity index (χ1n) is 10.9. The SMILES string of the molecule is CN1CCn2c(cc3cnc(NC4CCC(NCc5ccccc5F)CC4)nc32)C1=O. The fourth-order valence-electron chi connectivity index (χ4n) is 4.58. The Balaban J connectivity index is 1.19. The molecule has 8 heteroatoms. The molecule has 5 rings (SSSR count). The largest absolute Gasteiger partial charge is 0.351 e. The Kier molecular flexibility index (Phi) is 5.31.